The first-order chi connectivity index (χ1) is 10.2. The summed E-state index contributed by atoms with van der Waals surface area (Å²) in [7, 11) is 0. The Morgan fingerprint density at radius 1 is 1.38 bits per heavy atom. The molecule has 0 saturated carbocycles. The van der Waals surface area contributed by atoms with Gasteiger partial charge in [0.2, 0.25) is 0 Å². The van der Waals surface area contributed by atoms with Crippen molar-refractivity contribution in [1.29, 1.82) is 0 Å². The third-order valence-corrected chi connectivity index (χ3v) is 3.35. The van der Waals surface area contributed by atoms with Gasteiger partial charge >= 0.3 is 0 Å². The van der Waals surface area contributed by atoms with Gasteiger partial charge in [-0.1, -0.05) is 11.2 Å². The SMILES string of the molecule is O=[N+]([O-])c1cccc(-c2nc(CN3CCNCC3)no2)c1. The van der Waals surface area contributed by atoms with Gasteiger partial charge in [0.25, 0.3) is 11.6 Å². The maximum Gasteiger partial charge on any atom is 0.270 e. The molecule has 0 spiro atoms. The molecule has 1 aliphatic heterocycles. The molecular weight excluding hydrogens is 274 g/mol. The van der Waals surface area contributed by atoms with Crippen LogP contribution in [-0.4, -0.2) is 46.1 Å². The van der Waals surface area contributed by atoms with Crippen molar-refractivity contribution in [1.82, 2.24) is 20.4 Å². The number of nitro groups is 1. The van der Waals surface area contributed by atoms with Gasteiger partial charge in [0.1, 0.15) is 0 Å². The zero-order valence-electron chi connectivity index (χ0n) is 11.4. The van der Waals surface area contributed by atoms with Gasteiger partial charge in [-0.25, -0.2) is 0 Å². The molecule has 3 rings (SSSR count). The van der Waals surface area contributed by atoms with Crippen LogP contribution in [-0.2, 0) is 6.54 Å². The van der Waals surface area contributed by atoms with Crippen molar-refractivity contribution < 1.29 is 9.45 Å². The normalized spacial score (nSPS) is 16.0. The van der Waals surface area contributed by atoms with Crippen molar-refractivity contribution in [2.45, 2.75) is 6.54 Å². The lowest BCUT2D eigenvalue weighted by Gasteiger charge is -2.25. The number of non-ortho nitro benzene ring substituents is 1. The van der Waals surface area contributed by atoms with E-state index in [9.17, 15) is 10.1 Å². The molecular formula is C13H15N5O3. The van der Waals surface area contributed by atoms with Crippen molar-refractivity contribution in [3.8, 4) is 11.5 Å². The maximum absolute atomic E-state index is 10.8. The van der Waals surface area contributed by atoms with Crippen LogP contribution in [0.5, 0.6) is 0 Å². The fourth-order valence-corrected chi connectivity index (χ4v) is 2.26. The minimum Gasteiger partial charge on any atom is -0.334 e. The van der Waals surface area contributed by atoms with E-state index in [-0.39, 0.29) is 5.69 Å². The summed E-state index contributed by atoms with van der Waals surface area (Å²) in [5, 5.41) is 18.0. The van der Waals surface area contributed by atoms with Crippen LogP contribution in [0.15, 0.2) is 28.8 Å². The molecule has 0 bridgehead atoms. The molecule has 1 saturated heterocycles. The van der Waals surface area contributed by atoms with Gasteiger partial charge in [0, 0.05) is 43.9 Å². The molecule has 0 radical (unpaired) electrons. The maximum atomic E-state index is 10.8. The summed E-state index contributed by atoms with van der Waals surface area (Å²) < 4.78 is 5.20. The molecule has 1 aromatic carbocycles. The number of nitrogens with zero attached hydrogens (tertiary/aromatic N) is 4. The highest BCUT2D eigenvalue weighted by Crippen LogP contribution is 2.22. The van der Waals surface area contributed by atoms with Crippen molar-refractivity contribution in [2.24, 2.45) is 0 Å². The molecule has 0 aliphatic carbocycles. The highest BCUT2D eigenvalue weighted by atomic mass is 16.6. The quantitative estimate of drug-likeness (QED) is 0.663. The second kappa shape index (κ2) is 5.98. The Morgan fingerprint density at radius 2 is 2.19 bits per heavy atom. The highest BCUT2D eigenvalue weighted by molar-refractivity contribution is 5.57. The van der Waals surface area contributed by atoms with Gasteiger partial charge in [-0.15, -0.1) is 0 Å². The summed E-state index contributed by atoms with van der Waals surface area (Å²) >= 11 is 0. The Balaban J connectivity index is 1.75. The van der Waals surface area contributed by atoms with Gasteiger partial charge in [-0.05, 0) is 6.07 Å². The number of hydrogen-bond donors (Lipinski definition) is 1. The standard InChI is InChI=1S/C13H15N5O3/c19-18(20)11-3-1-2-10(8-11)13-15-12(16-21-13)9-17-6-4-14-5-7-17/h1-3,8,14H,4-7,9H2. The van der Waals surface area contributed by atoms with Crippen LogP contribution in [0.2, 0.25) is 0 Å². The van der Waals surface area contributed by atoms with E-state index in [0.29, 0.717) is 23.8 Å². The van der Waals surface area contributed by atoms with Gasteiger partial charge < -0.3 is 9.84 Å². The third-order valence-electron chi connectivity index (χ3n) is 3.35. The molecule has 110 valence electrons. The van der Waals surface area contributed by atoms with Gasteiger partial charge in [0.05, 0.1) is 11.5 Å². The highest BCUT2D eigenvalue weighted by Gasteiger charge is 2.16. The molecule has 21 heavy (non-hydrogen) atoms. The largest absolute Gasteiger partial charge is 0.334 e. The number of hydrogen-bond acceptors (Lipinski definition) is 7. The molecule has 8 nitrogen and oxygen atoms in total. The molecule has 0 atom stereocenters. The number of piperazine rings is 1. The van der Waals surface area contributed by atoms with Crippen LogP contribution < -0.4 is 5.32 Å². The lowest BCUT2D eigenvalue weighted by atomic mass is 10.2. The molecule has 2 heterocycles. The summed E-state index contributed by atoms with van der Waals surface area (Å²) in [4.78, 5) is 16.9. The number of nitrogens with one attached hydrogen (secondary N) is 1. The molecule has 0 unspecified atom stereocenters. The first kappa shape index (κ1) is 13.7. The van der Waals surface area contributed by atoms with Crippen LogP contribution in [0.1, 0.15) is 5.82 Å². The van der Waals surface area contributed by atoms with Gasteiger partial charge in [-0.3, -0.25) is 15.0 Å². The first-order valence-electron chi connectivity index (χ1n) is 6.73. The summed E-state index contributed by atoms with van der Waals surface area (Å²) in [6.07, 6.45) is 0. The molecule has 1 aromatic heterocycles. The lowest BCUT2D eigenvalue weighted by molar-refractivity contribution is -0.384. The smallest absolute Gasteiger partial charge is 0.270 e. The zero-order valence-corrected chi connectivity index (χ0v) is 11.4. The predicted octanol–water partition coefficient (Wildman–Crippen LogP) is 1.05. The van der Waals surface area contributed by atoms with E-state index in [4.69, 9.17) is 4.52 Å². The monoisotopic (exact) mass is 289 g/mol. The molecule has 1 N–H and O–H groups in total. The van der Waals surface area contributed by atoms with E-state index < -0.39 is 4.92 Å². The third kappa shape index (κ3) is 3.23. The van der Waals surface area contributed by atoms with E-state index in [1.807, 2.05) is 0 Å². The fraction of sp³-hybridized carbons (Fsp3) is 0.385. The molecule has 0 amide bonds. The lowest BCUT2D eigenvalue weighted by Crippen LogP contribution is -2.43. The fourth-order valence-electron chi connectivity index (χ4n) is 2.26. The van der Waals surface area contributed by atoms with Crippen LogP contribution in [0, 0.1) is 10.1 Å². The summed E-state index contributed by atoms with van der Waals surface area (Å²) in [5.41, 5.74) is 0.567. The molecule has 2 aromatic rings. The zero-order chi connectivity index (χ0) is 14.7. The molecule has 1 fully saturated rings. The van der Waals surface area contributed by atoms with E-state index in [1.54, 1.807) is 12.1 Å². The van der Waals surface area contributed by atoms with Crippen molar-refractivity contribution in [2.75, 3.05) is 26.2 Å². The number of rotatable bonds is 4. The van der Waals surface area contributed by atoms with Crippen molar-refractivity contribution >= 4 is 5.69 Å². The van der Waals surface area contributed by atoms with Crippen LogP contribution in [0.25, 0.3) is 11.5 Å². The number of aromatic nitrogens is 2. The van der Waals surface area contributed by atoms with E-state index in [1.165, 1.54) is 12.1 Å². The Morgan fingerprint density at radius 3 is 2.95 bits per heavy atom. The minimum absolute atomic E-state index is 0.00866. The Kier molecular flexibility index (Phi) is 3.89. The van der Waals surface area contributed by atoms with E-state index >= 15 is 0 Å². The molecule has 1 aliphatic rings. The average molecular weight is 289 g/mol. The van der Waals surface area contributed by atoms with E-state index in [0.717, 1.165) is 26.2 Å². The summed E-state index contributed by atoms with van der Waals surface area (Å²) in [6, 6.07) is 6.19. The van der Waals surface area contributed by atoms with E-state index in [2.05, 4.69) is 20.4 Å². The topological polar surface area (TPSA) is 97.3 Å². The van der Waals surface area contributed by atoms with Crippen molar-refractivity contribution in [3.63, 3.8) is 0 Å². The Bertz CT molecular complexity index is 636. The Labute approximate surface area is 120 Å². The Hall–Kier alpha value is -2.32. The predicted molar refractivity (Wildman–Crippen MR) is 74.5 cm³/mol. The second-order valence-electron chi connectivity index (χ2n) is 4.85. The van der Waals surface area contributed by atoms with Crippen LogP contribution >= 0.6 is 0 Å². The van der Waals surface area contributed by atoms with Crippen LogP contribution in [0.4, 0.5) is 5.69 Å². The second-order valence-corrected chi connectivity index (χ2v) is 4.85. The first-order valence-corrected chi connectivity index (χ1v) is 6.73. The number of nitro benzene ring substituents is 1. The summed E-state index contributed by atoms with van der Waals surface area (Å²) in [6.45, 7) is 4.42. The van der Waals surface area contributed by atoms with Crippen molar-refractivity contribution in [3.05, 3.63) is 40.2 Å². The summed E-state index contributed by atoms with van der Waals surface area (Å²) in [5.74, 6) is 0.905. The van der Waals surface area contributed by atoms with Crippen LogP contribution in [0.3, 0.4) is 0 Å². The number of benzene rings is 1. The minimum atomic E-state index is -0.443. The average Bonchev–Trinajstić information content (AvgIpc) is 2.97. The molecule has 8 heteroatoms. The van der Waals surface area contributed by atoms with Gasteiger partial charge in [-0.2, -0.15) is 4.98 Å². The van der Waals surface area contributed by atoms with Gasteiger partial charge in [0.15, 0.2) is 5.82 Å².